The third-order valence-corrected chi connectivity index (χ3v) is 2.05. The van der Waals surface area contributed by atoms with E-state index < -0.39 is 11.0 Å². The van der Waals surface area contributed by atoms with Crippen LogP contribution in [-0.4, -0.2) is 22.2 Å². The number of hydrogen-bond donors (Lipinski definition) is 1. The molecule has 0 aromatic carbocycles. The van der Waals surface area contributed by atoms with E-state index >= 15 is 0 Å². The standard InChI is InChI=1S/C6H4Cl2O.C2H4O2/c7-4-1-2-5-6(8,3-4)9-5;1-2(3)4/h1-3,5H;1H3,(H,3,4). The van der Waals surface area contributed by atoms with Crippen molar-refractivity contribution in [3.63, 3.8) is 0 Å². The second kappa shape index (κ2) is 3.70. The first-order valence-electron chi connectivity index (χ1n) is 3.57. The fraction of sp³-hybridized carbons (Fsp3) is 0.375. The van der Waals surface area contributed by atoms with Crippen molar-refractivity contribution >= 4 is 29.2 Å². The Morgan fingerprint density at radius 1 is 1.77 bits per heavy atom. The molecule has 1 heterocycles. The Labute approximate surface area is 85.6 Å². The number of carboxylic acid groups (broad SMARTS) is 1. The third-order valence-electron chi connectivity index (χ3n) is 1.40. The molecule has 1 saturated heterocycles. The van der Waals surface area contributed by atoms with Crippen LogP contribution in [0.2, 0.25) is 0 Å². The van der Waals surface area contributed by atoms with Gasteiger partial charge in [0.25, 0.3) is 5.97 Å². The van der Waals surface area contributed by atoms with Gasteiger partial charge >= 0.3 is 0 Å². The van der Waals surface area contributed by atoms with Crippen molar-refractivity contribution in [1.82, 2.24) is 0 Å². The first kappa shape index (κ1) is 10.6. The number of rotatable bonds is 0. The molecular formula is C8H8Cl2O3. The average molecular weight is 223 g/mol. The molecule has 0 spiro atoms. The molecule has 0 aromatic heterocycles. The van der Waals surface area contributed by atoms with Crippen LogP contribution in [0.1, 0.15) is 6.92 Å². The van der Waals surface area contributed by atoms with Crippen LogP contribution in [0.25, 0.3) is 0 Å². The summed E-state index contributed by atoms with van der Waals surface area (Å²) in [7, 11) is 0. The number of epoxide rings is 1. The van der Waals surface area contributed by atoms with E-state index in [1.54, 1.807) is 12.2 Å². The molecule has 2 atom stereocenters. The summed E-state index contributed by atoms with van der Waals surface area (Å²) in [4.78, 5) is 9.00. The van der Waals surface area contributed by atoms with E-state index in [1.165, 1.54) is 0 Å². The van der Waals surface area contributed by atoms with Crippen LogP contribution in [0.3, 0.4) is 0 Å². The van der Waals surface area contributed by atoms with Crippen molar-refractivity contribution in [2.75, 3.05) is 0 Å². The number of halogens is 2. The maximum atomic E-state index is 9.00. The van der Waals surface area contributed by atoms with Gasteiger partial charge in [-0.25, -0.2) is 0 Å². The number of carbonyl (C=O) groups is 1. The van der Waals surface area contributed by atoms with E-state index in [0.717, 1.165) is 6.92 Å². The molecule has 1 N–H and O–H groups in total. The number of fused-ring (bicyclic) bond motifs is 1. The van der Waals surface area contributed by atoms with E-state index in [1.807, 2.05) is 6.08 Å². The smallest absolute Gasteiger partial charge is 0.300 e. The Morgan fingerprint density at radius 3 is 2.69 bits per heavy atom. The predicted molar refractivity (Wildman–Crippen MR) is 49.8 cm³/mol. The molecule has 5 heteroatoms. The van der Waals surface area contributed by atoms with Crippen LogP contribution in [0.4, 0.5) is 0 Å². The summed E-state index contributed by atoms with van der Waals surface area (Å²) in [5.41, 5.74) is 0. The molecule has 0 saturated carbocycles. The first-order chi connectivity index (χ1) is 5.94. The lowest BCUT2D eigenvalue weighted by atomic mass is 10.2. The Kier molecular flexibility index (Phi) is 3.01. The van der Waals surface area contributed by atoms with Crippen LogP contribution in [0.15, 0.2) is 23.3 Å². The number of hydrogen-bond acceptors (Lipinski definition) is 2. The maximum Gasteiger partial charge on any atom is 0.300 e. The van der Waals surface area contributed by atoms with Crippen molar-refractivity contribution < 1.29 is 14.6 Å². The highest BCUT2D eigenvalue weighted by molar-refractivity contribution is 6.33. The Morgan fingerprint density at radius 2 is 2.31 bits per heavy atom. The zero-order chi connectivity index (χ0) is 10.1. The summed E-state index contributed by atoms with van der Waals surface area (Å²) < 4.78 is 5.05. The topological polar surface area (TPSA) is 49.8 Å². The SMILES string of the molecule is CC(=O)O.ClC1=CC2(Cl)OC2C=C1. The second-order valence-corrected chi connectivity index (χ2v) is 3.67. The van der Waals surface area contributed by atoms with Gasteiger partial charge in [-0.2, -0.15) is 0 Å². The molecule has 1 aliphatic heterocycles. The van der Waals surface area contributed by atoms with Gasteiger partial charge in [-0.1, -0.05) is 23.2 Å². The Hall–Kier alpha value is -0.510. The highest BCUT2D eigenvalue weighted by Gasteiger charge is 2.53. The van der Waals surface area contributed by atoms with E-state index in [0.29, 0.717) is 5.03 Å². The fourth-order valence-corrected chi connectivity index (χ4v) is 1.44. The lowest BCUT2D eigenvalue weighted by Crippen LogP contribution is -2.02. The van der Waals surface area contributed by atoms with Crippen LogP contribution in [-0.2, 0) is 9.53 Å². The Bertz CT molecular complexity index is 281. The number of carboxylic acids is 1. The van der Waals surface area contributed by atoms with Crippen LogP contribution < -0.4 is 0 Å². The minimum absolute atomic E-state index is 0.0571. The minimum atomic E-state index is -0.833. The Balaban J connectivity index is 0.000000184. The molecule has 0 aromatic rings. The molecule has 0 radical (unpaired) electrons. The van der Waals surface area contributed by atoms with E-state index in [9.17, 15) is 0 Å². The summed E-state index contributed by atoms with van der Waals surface area (Å²) in [5.74, 6) is -0.833. The lowest BCUT2D eigenvalue weighted by molar-refractivity contribution is -0.134. The van der Waals surface area contributed by atoms with E-state index in [2.05, 4.69) is 0 Å². The molecule has 2 rings (SSSR count). The van der Waals surface area contributed by atoms with E-state index in [-0.39, 0.29) is 6.10 Å². The predicted octanol–water partition coefficient (Wildman–Crippen LogP) is 2.10. The number of alkyl halides is 1. The van der Waals surface area contributed by atoms with Gasteiger partial charge in [0.05, 0.1) is 0 Å². The van der Waals surface area contributed by atoms with Gasteiger partial charge in [-0.05, 0) is 18.2 Å². The fourth-order valence-electron chi connectivity index (χ4n) is 0.863. The van der Waals surface area contributed by atoms with Crippen LogP contribution in [0.5, 0.6) is 0 Å². The molecule has 0 amide bonds. The summed E-state index contributed by atoms with van der Waals surface area (Å²) in [6, 6.07) is 0. The lowest BCUT2D eigenvalue weighted by Gasteiger charge is -1.98. The summed E-state index contributed by atoms with van der Waals surface area (Å²) >= 11 is 11.4. The van der Waals surface area contributed by atoms with Crippen molar-refractivity contribution in [2.24, 2.45) is 0 Å². The molecule has 0 bridgehead atoms. The van der Waals surface area contributed by atoms with Gasteiger partial charge in [0, 0.05) is 12.0 Å². The van der Waals surface area contributed by atoms with Gasteiger partial charge in [-0.3, -0.25) is 4.79 Å². The van der Waals surface area contributed by atoms with Crippen molar-refractivity contribution in [1.29, 1.82) is 0 Å². The van der Waals surface area contributed by atoms with Crippen molar-refractivity contribution in [2.45, 2.75) is 18.1 Å². The molecule has 13 heavy (non-hydrogen) atoms. The van der Waals surface area contributed by atoms with Gasteiger partial charge < -0.3 is 9.84 Å². The highest BCUT2D eigenvalue weighted by atomic mass is 35.5. The van der Waals surface area contributed by atoms with Crippen molar-refractivity contribution in [3.8, 4) is 0 Å². The summed E-state index contributed by atoms with van der Waals surface area (Å²) in [6.45, 7) is 1.08. The first-order valence-corrected chi connectivity index (χ1v) is 4.32. The van der Waals surface area contributed by atoms with Gasteiger partial charge in [-0.15, -0.1) is 0 Å². The molecule has 1 aliphatic carbocycles. The zero-order valence-electron chi connectivity index (χ0n) is 6.83. The molecule has 72 valence electrons. The normalized spacial score (nSPS) is 33.8. The largest absolute Gasteiger partial charge is 0.481 e. The third kappa shape index (κ3) is 3.03. The van der Waals surface area contributed by atoms with Gasteiger partial charge in [0.1, 0.15) is 6.10 Å². The van der Waals surface area contributed by atoms with Crippen LogP contribution >= 0.6 is 23.2 Å². The summed E-state index contributed by atoms with van der Waals surface area (Å²) in [5, 5.41) is 7.48. The highest BCUT2D eigenvalue weighted by Crippen LogP contribution is 2.46. The van der Waals surface area contributed by atoms with Gasteiger partial charge in [0.15, 0.2) is 5.06 Å². The quantitative estimate of drug-likeness (QED) is 0.505. The minimum Gasteiger partial charge on any atom is -0.481 e. The molecule has 1 fully saturated rings. The molecule has 3 nitrogen and oxygen atoms in total. The number of allylic oxidation sites excluding steroid dienone is 2. The maximum absolute atomic E-state index is 9.00. The summed E-state index contributed by atoms with van der Waals surface area (Å²) in [6.07, 6.45) is 5.41. The average Bonchev–Trinajstić information content (AvgIpc) is 2.57. The molecule has 2 aliphatic rings. The molecular weight excluding hydrogens is 215 g/mol. The van der Waals surface area contributed by atoms with Crippen LogP contribution in [0, 0.1) is 0 Å². The zero-order valence-corrected chi connectivity index (χ0v) is 8.34. The van der Waals surface area contributed by atoms with E-state index in [4.69, 9.17) is 37.8 Å². The van der Waals surface area contributed by atoms with Gasteiger partial charge in [0.2, 0.25) is 0 Å². The number of ether oxygens (including phenoxy) is 1. The number of aliphatic carboxylic acids is 1. The van der Waals surface area contributed by atoms with Crippen molar-refractivity contribution in [3.05, 3.63) is 23.3 Å². The molecule has 2 unspecified atom stereocenters. The monoisotopic (exact) mass is 222 g/mol. The second-order valence-electron chi connectivity index (χ2n) is 2.64.